The van der Waals surface area contributed by atoms with E-state index in [0.717, 1.165) is 18.5 Å². The lowest BCUT2D eigenvalue weighted by Crippen LogP contribution is -2.24. The van der Waals surface area contributed by atoms with Crippen molar-refractivity contribution in [1.82, 2.24) is 9.13 Å². The number of nitrogen functional groups attached to an aromatic ring is 1. The van der Waals surface area contributed by atoms with Gasteiger partial charge in [-0.1, -0.05) is 18.5 Å². The molecule has 5 heteroatoms. The van der Waals surface area contributed by atoms with Gasteiger partial charge in [-0.25, -0.2) is 4.79 Å². The van der Waals surface area contributed by atoms with E-state index in [2.05, 4.69) is 0 Å². The molecule has 0 radical (unpaired) electrons. The highest BCUT2D eigenvalue weighted by Gasteiger charge is 2.06. The van der Waals surface area contributed by atoms with Crippen molar-refractivity contribution in [3.63, 3.8) is 0 Å². The summed E-state index contributed by atoms with van der Waals surface area (Å²) < 4.78 is 3.33. The van der Waals surface area contributed by atoms with Crippen molar-refractivity contribution in [3.8, 4) is 0 Å². The molecule has 2 aromatic rings. The molecule has 1 aromatic carbocycles. The fourth-order valence-electron chi connectivity index (χ4n) is 1.88. The summed E-state index contributed by atoms with van der Waals surface area (Å²) in [7, 11) is 0. The van der Waals surface area contributed by atoms with Crippen molar-refractivity contribution in [1.29, 1.82) is 0 Å². The zero-order valence-electron chi connectivity index (χ0n) is 10.3. The van der Waals surface area contributed by atoms with Crippen LogP contribution in [0.3, 0.4) is 0 Å². The summed E-state index contributed by atoms with van der Waals surface area (Å²) in [6, 6.07) is 5.29. The number of anilines is 1. The fraction of sp³-hybridized carbons (Fsp3) is 0.308. The Bertz CT molecular complexity index is 601. The molecule has 0 spiro atoms. The molecule has 2 rings (SSSR count). The summed E-state index contributed by atoms with van der Waals surface area (Å²) in [5.41, 5.74) is 7.21. The molecule has 0 aliphatic rings. The van der Waals surface area contributed by atoms with E-state index in [0.29, 0.717) is 17.3 Å². The summed E-state index contributed by atoms with van der Waals surface area (Å²) >= 11 is 6.09. The van der Waals surface area contributed by atoms with Crippen molar-refractivity contribution in [2.45, 2.75) is 26.4 Å². The van der Waals surface area contributed by atoms with Crippen LogP contribution in [0.5, 0.6) is 0 Å². The molecular formula is C13H16ClN3O. The summed E-state index contributed by atoms with van der Waals surface area (Å²) in [5.74, 6) is 0. The third kappa shape index (κ3) is 2.59. The average Bonchev–Trinajstić information content (AvgIpc) is 2.67. The first-order chi connectivity index (χ1) is 8.61. The molecule has 0 bridgehead atoms. The smallest absolute Gasteiger partial charge is 0.328 e. The van der Waals surface area contributed by atoms with E-state index >= 15 is 0 Å². The number of aromatic nitrogens is 2. The van der Waals surface area contributed by atoms with Crippen LogP contribution in [0, 0.1) is 0 Å². The monoisotopic (exact) mass is 265 g/mol. The minimum atomic E-state index is -0.0182. The topological polar surface area (TPSA) is 52.9 Å². The van der Waals surface area contributed by atoms with E-state index in [9.17, 15) is 4.79 Å². The zero-order chi connectivity index (χ0) is 13.1. The highest BCUT2D eigenvalue weighted by atomic mass is 35.5. The van der Waals surface area contributed by atoms with Gasteiger partial charge in [0, 0.05) is 29.6 Å². The minimum Gasteiger partial charge on any atom is -0.399 e. The van der Waals surface area contributed by atoms with Gasteiger partial charge in [-0.3, -0.25) is 9.13 Å². The highest BCUT2D eigenvalue weighted by molar-refractivity contribution is 6.31. The van der Waals surface area contributed by atoms with Crippen molar-refractivity contribution >= 4 is 17.3 Å². The number of hydrogen-bond donors (Lipinski definition) is 1. The predicted molar refractivity (Wildman–Crippen MR) is 73.9 cm³/mol. The largest absolute Gasteiger partial charge is 0.399 e. The summed E-state index contributed by atoms with van der Waals surface area (Å²) in [6.07, 6.45) is 4.51. The quantitative estimate of drug-likeness (QED) is 0.863. The SMILES string of the molecule is CCCn1ccn(Cc2cc(N)ccc2Cl)c1=O. The maximum absolute atomic E-state index is 12.0. The van der Waals surface area contributed by atoms with E-state index in [1.54, 1.807) is 39.7 Å². The molecule has 2 N–H and O–H groups in total. The first-order valence-electron chi connectivity index (χ1n) is 5.91. The predicted octanol–water partition coefficient (Wildman–Crippen LogP) is 2.34. The van der Waals surface area contributed by atoms with Gasteiger partial charge in [0.05, 0.1) is 6.54 Å². The van der Waals surface area contributed by atoms with Gasteiger partial charge in [-0.2, -0.15) is 0 Å². The molecule has 4 nitrogen and oxygen atoms in total. The molecule has 1 heterocycles. The molecule has 1 aromatic heterocycles. The molecular weight excluding hydrogens is 250 g/mol. The van der Waals surface area contributed by atoms with Gasteiger partial charge in [0.15, 0.2) is 0 Å². The van der Waals surface area contributed by atoms with Gasteiger partial charge in [0.2, 0.25) is 0 Å². The van der Waals surface area contributed by atoms with Gasteiger partial charge in [0.25, 0.3) is 0 Å². The lowest BCUT2D eigenvalue weighted by molar-refractivity contribution is 0.624. The molecule has 0 unspecified atom stereocenters. The maximum Gasteiger partial charge on any atom is 0.328 e. The maximum atomic E-state index is 12.0. The van der Waals surface area contributed by atoms with E-state index < -0.39 is 0 Å². The van der Waals surface area contributed by atoms with Crippen molar-refractivity contribution < 1.29 is 0 Å². The Balaban J connectivity index is 2.29. The second-order valence-electron chi connectivity index (χ2n) is 4.25. The Kier molecular flexibility index (Phi) is 3.77. The number of imidazole rings is 1. The molecule has 18 heavy (non-hydrogen) atoms. The molecule has 96 valence electrons. The number of halogens is 1. The normalized spacial score (nSPS) is 10.8. The Morgan fingerprint density at radius 1 is 1.28 bits per heavy atom. The van der Waals surface area contributed by atoms with Crippen LogP contribution in [0.15, 0.2) is 35.4 Å². The average molecular weight is 266 g/mol. The Labute approximate surface area is 111 Å². The van der Waals surface area contributed by atoms with Gasteiger partial charge in [-0.05, 0) is 30.2 Å². The van der Waals surface area contributed by atoms with Gasteiger partial charge >= 0.3 is 5.69 Å². The van der Waals surface area contributed by atoms with Crippen LogP contribution < -0.4 is 11.4 Å². The van der Waals surface area contributed by atoms with Gasteiger partial charge in [0.1, 0.15) is 0 Å². The molecule has 0 atom stereocenters. The second kappa shape index (κ2) is 5.31. The number of nitrogens with zero attached hydrogens (tertiary/aromatic N) is 2. The van der Waals surface area contributed by atoms with E-state index in [4.69, 9.17) is 17.3 Å². The first-order valence-corrected chi connectivity index (χ1v) is 6.29. The van der Waals surface area contributed by atoms with E-state index in [-0.39, 0.29) is 5.69 Å². The third-order valence-electron chi connectivity index (χ3n) is 2.79. The molecule has 0 fully saturated rings. The lowest BCUT2D eigenvalue weighted by atomic mass is 10.2. The van der Waals surface area contributed by atoms with Gasteiger partial charge < -0.3 is 5.73 Å². The highest BCUT2D eigenvalue weighted by Crippen LogP contribution is 2.19. The third-order valence-corrected chi connectivity index (χ3v) is 3.16. The minimum absolute atomic E-state index is 0.0182. The van der Waals surface area contributed by atoms with Crippen LogP contribution in [0.1, 0.15) is 18.9 Å². The van der Waals surface area contributed by atoms with E-state index in [1.165, 1.54) is 0 Å². The van der Waals surface area contributed by atoms with Crippen LogP contribution in [0.25, 0.3) is 0 Å². The summed E-state index contributed by atoms with van der Waals surface area (Å²) in [6.45, 7) is 3.22. The van der Waals surface area contributed by atoms with Crippen molar-refractivity contribution in [3.05, 3.63) is 51.7 Å². The number of benzene rings is 1. The van der Waals surface area contributed by atoms with Crippen molar-refractivity contribution in [2.24, 2.45) is 0 Å². The lowest BCUT2D eigenvalue weighted by Gasteiger charge is -2.06. The van der Waals surface area contributed by atoms with Crippen LogP contribution in [0.4, 0.5) is 5.69 Å². The van der Waals surface area contributed by atoms with Crippen LogP contribution in [0.2, 0.25) is 5.02 Å². The molecule has 0 aliphatic heterocycles. The summed E-state index contributed by atoms with van der Waals surface area (Å²) in [5, 5.41) is 0.624. The molecule has 0 amide bonds. The number of aryl methyl sites for hydroxylation is 1. The Morgan fingerprint density at radius 2 is 2.00 bits per heavy atom. The van der Waals surface area contributed by atoms with Gasteiger partial charge in [-0.15, -0.1) is 0 Å². The molecule has 0 saturated carbocycles. The second-order valence-corrected chi connectivity index (χ2v) is 4.66. The van der Waals surface area contributed by atoms with E-state index in [1.807, 2.05) is 6.92 Å². The number of rotatable bonds is 4. The van der Waals surface area contributed by atoms with Crippen molar-refractivity contribution in [2.75, 3.05) is 5.73 Å². The zero-order valence-corrected chi connectivity index (χ0v) is 11.0. The number of hydrogen-bond acceptors (Lipinski definition) is 2. The summed E-state index contributed by atoms with van der Waals surface area (Å²) in [4.78, 5) is 12.0. The molecule has 0 saturated heterocycles. The molecule has 0 aliphatic carbocycles. The standard InChI is InChI=1S/C13H16ClN3O/c1-2-5-16-6-7-17(13(16)18)9-10-8-11(15)3-4-12(10)14/h3-4,6-8H,2,5,9,15H2,1H3. The Hall–Kier alpha value is -1.68. The van der Waals surface area contributed by atoms with Crippen LogP contribution in [-0.4, -0.2) is 9.13 Å². The fourth-order valence-corrected chi connectivity index (χ4v) is 2.06. The number of nitrogens with two attached hydrogens (primary N) is 1. The van der Waals surface area contributed by atoms with Crippen LogP contribution in [-0.2, 0) is 13.1 Å². The first kappa shape index (κ1) is 12.8. The Morgan fingerprint density at radius 3 is 2.72 bits per heavy atom. The van der Waals surface area contributed by atoms with Crippen LogP contribution >= 0.6 is 11.6 Å².